The van der Waals surface area contributed by atoms with Crippen molar-refractivity contribution in [3.63, 3.8) is 0 Å². The van der Waals surface area contributed by atoms with E-state index in [1.807, 2.05) is 17.0 Å². The Morgan fingerprint density at radius 3 is 2.81 bits per heavy atom. The largest absolute Gasteiger partial charge is 0.351 e. The van der Waals surface area contributed by atoms with Crippen LogP contribution in [0.3, 0.4) is 0 Å². The molecule has 0 aromatic carbocycles. The molecule has 5 nitrogen and oxygen atoms in total. The number of nitrogens with zero attached hydrogens (tertiary/aromatic N) is 2. The average molecular weight is 460 g/mol. The van der Waals surface area contributed by atoms with E-state index in [0.717, 1.165) is 66.6 Å². The molecule has 3 heterocycles. The van der Waals surface area contributed by atoms with Crippen LogP contribution in [0.4, 0.5) is 4.39 Å². The van der Waals surface area contributed by atoms with Crippen molar-refractivity contribution in [1.29, 1.82) is 0 Å². The lowest BCUT2D eigenvalue weighted by Crippen LogP contribution is -2.45. The zero-order valence-electron chi connectivity index (χ0n) is 18.9. The van der Waals surface area contributed by atoms with Crippen LogP contribution in [-0.4, -0.2) is 47.5 Å². The standard InChI is InChI=1S/C25H34FN3O2S/c1-17-5-6-20(26)15-21(17)25(31)29-12-8-18(9-13-29)4-2-3-10-28-24(30)22-14-19-7-11-27-16-23(19)32-22/h7,11,14,16-18,20-21H,2-6,8-10,12-13,15H2,1H3,(H,28,30). The van der Waals surface area contributed by atoms with E-state index in [1.54, 1.807) is 12.4 Å². The second kappa shape index (κ2) is 10.7. The number of rotatable bonds is 7. The molecule has 1 saturated heterocycles. The van der Waals surface area contributed by atoms with Crippen LogP contribution in [0.25, 0.3) is 10.1 Å². The van der Waals surface area contributed by atoms with Crippen molar-refractivity contribution in [2.24, 2.45) is 17.8 Å². The summed E-state index contributed by atoms with van der Waals surface area (Å²) in [5.74, 6) is 0.980. The van der Waals surface area contributed by atoms with Gasteiger partial charge in [-0.3, -0.25) is 14.6 Å². The molecule has 4 rings (SSSR count). The van der Waals surface area contributed by atoms with Crippen LogP contribution in [0.1, 0.15) is 68.0 Å². The van der Waals surface area contributed by atoms with Gasteiger partial charge in [0.15, 0.2) is 0 Å². The van der Waals surface area contributed by atoms with Crippen molar-refractivity contribution in [1.82, 2.24) is 15.2 Å². The van der Waals surface area contributed by atoms with Gasteiger partial charge < -0.3 is 10.2 Å². The molecular formula is C25H34FN3O2S. The maximum atomic E-state index is 13.8. The molecule has 2 fully saturated rings. The number of pyridine rings is 1. The Labute approximate surface area is 193 Å². The summed E-state index contributed by atoms with van der Waals surface area (Å²) in [6.07, 6.45) is 9.82. The number of hydrogen-bond acceptors (Lipinski definition) is 4. The number of amides is 2. The minimum Gasteiger partial charge on any atom is -0.351 e. The van der Waals surface area contributed by atoms with Crippen LogP contribution in [0.2, 0.25) is 0 Å². The number of fused-ring (bicyclic) bond motifs is 1. The van der Waals surface area contributed by atoms with Gasteiger partial charge in [-0.05, 0) is 67.9 Å². The zero-order chi connectivity index (χ0) is 22.5. The predicted molar refractivity (Wildman–Crippen MR) is 127 cm³/mol. The zero-order valence-corrected chi connectivity index (χ0v) is 19.7. The van der Waals surface area contributed by atoms with Crippen molar-refractivity contribution in [2.75, 3.05) is 19.6 Å². The average Bonchev–Trinajstić information content (AvgIpc) is 3.25. The van der Waals surface area contributed by atoms with E-state index in [9.17, 15) is 14.0 Å². The maximum Gasteiger partial charge on any atom is 0.261 e. The molecule has 1 aliphatic carbocycles. The minimum atomic E-state index is -0.811. The summed E-state index contributed by atoms with van der Waals surface area (Å²) in [4.78, 5) is 32.1. The number of thiophene rings is 1. The topological polar surface area (TPSA) is 62.3 Å². The van der Waals surface area contributed by atoms with Gasteiger partial charge in [0.1, 0.15) is 6.17 Å². The Balaban J connectivity index is 1.12. The highest BCUT2D eigenvalue weighted by molar-refractivity contribution is 7.20. The molecule has 2 aliphatic rings. The monoisotopic (exact) mass is 459 g/mol. The molecule has 1 saturated carbocycles. The summed E-state index contributed by atoms with van der Waals surface area (Å²) in [5.41, 5.74) is 0. The van der Waals surface area contributed by atoms with E-state index >= 15 is 0 Å². The molecule has 7 heteroatoms. The Kier molecular flexibility index (Phi) is 7.76. The lowest BCUT2D eigenvalue weighted by Gasteiger charge is -2.38. The molecule has 2 amide bonds. The van der Waals surface area contributed by atoms with E-state index < -0.39 is 6.17 Å². The summed E-state index contributed by atoms with van der Waals surface area (Å²) in [6.45, 7) is 4.40. The van der Waals surface area contributed by atoms with Crippen LogP contribution < -0.4 is 5.32 Å². The normalized spacial score (nSPS) is 24.6. The third-order valence-electron chi connectivity index (χ3n) is 7.25. The Hall–Kier alpha value is -2.02. The van der Waals surface area contributed by atoms with Crippen molar-refractivity contribution >= 4 is 33.2 Å². The van der Waals surface area contributed by atoms with Crippen molar-refractivity contribution in [3.8, 4) is 0 Å². The van der Waals surface area contributed by atoms with E-state index in [-0.39, 0.29) is 17.7 Å². The highest BCUT2D eigenvalue weighted by Crippen LogP contribution is 2.34. The lowest BCUT2D eigenvalue weighted by molar-refractivity contribution is -0.140. The Bertz CT molecular complexity index is 892. The number of carbonyl (C=O) groups is 2. The third kappa shape index (κ3) is 5.66. The lowest BCUT2D eigenvalue weighted by atomic mass is 9.78. The van der Waals surface area contributed by atoms with E-state index in [2.05, 4.69) is 17.2 Å². The fraction of sp³-hybridized carbons (Fsp3) is 0.640. The summed E-state index contributed by atoms with van der Waals surface area (Å²) in [6, 6.07) is 3.85. The fourth-order valence-corrected chi connectivity index (χ4v) is 6.08. The molecule has 174 valence electrons. The molecule has 2 aromatic heterocycles. The number of nitrogens with one attached hydrogen (secondary N) is 1. The van der Waals surface area contributed by atoms with Gasteiger partial charge in [0.25, 0.3) is 5.91 Å². The van der Waals surface area contributed by atoms with Gasteiger partial charge >= 0.3 is 0 Å². The fourth-order valence-electron chi connectivity index (χ4n) is 5.13. The van der Waals surface area contributed by atoms with Gasteiger partial charge in [-0.1, -0.05) is 19.8 Å². The van der Waals surface area contributed by atoms with Gasteiger partial charge in [0.2, 0.25) is 5.91 Å². The Morgan fingerprint density at radius 1 is 1.22 bits per heavy atom. The molecule has 0 radical (unpaired) electrons. The van der Waals surface area contributed by atoms with Crippen LogP contribution in [0.15, 0.2) is 24.5 Å². The van der Waals surface area contributed by atoms with Crippen LogP contribution in [0, 0.1) is 17.8 Å². The third-order valence-corrected chi connectivity index (χ3v) is 8.33. The molecule has 1 N–H and O–H groups in total. The highest BCUT2D eigenvalue weighted by atomic mass is 32.1. The minimum absolute atomic E-state index is 0.00881. The summed E-state index contributed by atoms with van der Waals surface area (Å²) >= 11 is 1.48. The van der Waals surface area contributed by atoms with Gasteiger partial charge in [-0.25, -0.2) is 4.39 Å². The molecule has 0 spiro atoms. The molecular weight excluding hydrogens is 425 g/mol. The van der Waals surface area contributed by atoms with E-state index in [1.165, 1.54) is 11.3 Å². The highest BCUT2D eigenvalue weighted by Gasteiger charge is 2.36. The maximum absolute atomic E-state index is 13.8. The number of alkyl halides is 1. The van der Waals surface area contributed by atoms with Crippen molar-refractivity contribution in [2.45, 2.75) is 64.5 Å². The Morgan fingerprint density at radius 2 is 2.03 bits per heavy atom. The SMILES string of the molecule is CC1CCC(F)CC1C(=O)N1CCC(CCCCNC(=O)c2cc3ccncc3s2)CC1. The molecule has 3 unspecified atom stereocenters. The number of halogens is 1. The second-order valence-corrected chi connectivity index (χ2v) is 10.6. The first-order valence-corrected chi connectivity index (χ1v) is 12.9. The first-order valence-electron chi connectivity index (χ1n) is 12.1. The number of likely N-dealkylation sites (tertiary alicyclic amines) is 1. The summed E-state index contributed by atoms with van der Waals surface area (Å²) in [7, 11) is 0. The number of piperidine rings is 1. The first kappa shape index (κ1) is 23.1. The first-order chi connectivity index (χ1) is 15.5. The predicted octanol–water partition coefficient (Wildman–Crippen LogP) is 5.21. The molecule has 32 heavy (non-hydrogen) atoms. The van der Waals surface area contributed by atoms with Crippen molar-refractivity contribution < 1.29 is 14.0 Å². The molecule has 3 atom stereocenters. The van der Waals surface area contributed by atoms with Gasteiger partial charge in [-0.15, -0.1) is 11.3 Å². The second-order valence-electron chi connectivity index (χ2n) is 9.54. The smallest absolute Gasteiger partial charge is 0.261 e. The number of aromatic nitrogens is 1. The molecule has 2 aromatic rings. The van der Waals surface area contributed by atoms with Gasteiger partial charge in [0, 0.05) is 37.9 Å². The summed E-state index contributed by atoms with van der Waals surface area (Å²) < 4.78 is 14.8. The number of hydrogen-bond donors (Lipinski definition) is 1. The van der Waals surface area contributed by atoms with Crippen molar-refractivity contribution in [3.05, 3.63) is 29.4 Å². The quantitative estimate of drug-likeness (QED) is 0.578. The van der Waals surface area contributed by atoms with Crippen LogP contribution in [-0.2, 0) is 4.79 Å². The van der Waals surface area contributed by atoms with Gasteiger partial charge in [-0.2, -0.15) is 0 Å². The number of unbranched alkanes of at least 4 members (excludes halogenated alkanes) is 1. The number of carbonyl (C=O) groups excluding carboxylic acids is 2. The summed E-state index contributed by atoms with van der Waals surface area (Å²) in [5, 5.41) is 4.09. The van der Waals surface area contributed by atoms with E-state index in [0.29, 0.717) is 31.2 Å². The van der Waals surface area contributed by atoms with Crippen LogP contribution >= 0.6 is 11.3 Å². The van der Waals surface area contributed by atoms with Gasteiger partial charge in [0.05, 0.1) is 9.58 Å². The molecule has 1 aliphatic heterocycles. The van der Waals surface area contributed by atoms with E-state index in [4.69, 9.17) is 0 Å². The molecule has 0 bridgehead atoms. The van der Waals surface area contributed by atoms with Crippen LogP contribution in [0.5, 0.6) is 0 Å².